The van der Waals surface area contributed by atoms with Crippen molar-refractivity contribution in [1.82, 2.24) is 10.6 Å². The molecule has 10 nitrogen and oxygen atoms in total. The molecule has 31 heavy (non-hydrogen) atoms. The number of ether oxygens (including phenoxy) is 4. The van der Waals surface area contributed by atoms with Gasteiger partial charge in [0.15, 0.2) is 0 Å². The zero-order chi connectivity index (χ0) is 23.3. The highest BCUT2D eigenvalue weighted by atomic mass is 32.1. The Morgan fingerprint density at radius 2 is 1.29 bits per heavy atom. The Kier molecular flexibility index (Phi) is 17.6. The van der Waals surface area contributed by atoms with Crippen LogP contribution in [0.3, 0.4) is 0 Å². The Morgan fingerprint density at radius 3 is 1.77 bits per heavy atom. The van der Waals surface area contributed by atoms with E-state index < -0.39 is 30.2 Å². The fraction of sp³-hybridized carbons (Fsp3) is 0.600. The molecule has 0 fully saturated rings. The molecule has 0 spiro atoms. The number of alkyl carbamates (subject to hydrolysis) is 2. The molecular weight excluding hydrogens is 428 g/mol. The number of thiol groups is 1. The molecule has 0 aromatic heterocycles. The summed E-state index contributed by atoms with van der Waals surface area (Å²) >= 11 is 4.13. The van der Waals surface area contributed by atoms with Crippen molar-refractivity contribution in [3.05, 3.63) is 25.3 Å². The lowest BCUT2D eigenvalue weighted by molar-refractivity contribution is -0.138. The first-order chi connectivity index (χ1) is 14.9. The van der Waals surface area contributed by atoms with E-state index in [1.54, 1.807) is 0 Å². The van der Waals surface area contributed by atoms with E-state index in [4.69, 9.17) is 18.9 Å². The quantitative estimate of drug-likeness (QED) is 0.0990. The van der Waals surface area contributed by atoms with Gasteiger partial charge in [-0.05, 0) is 25.7 Å². The number of carbonyl (C=O) groups is 4. The molecule has 1 unspecified atom stereocenters. The van der Waals surface area contributed by atoms with Crippen LogP contribution in [0.1, 0.15) is 32.1 Å². The van der Waals surface area contributed by atoms with E-state index in [0.717, 1.165) is 12.2 Å². The fourth-order valence-corrected chi connectivity index (χ4v) is 2.27. The van der Waals surface area contributed by atoms with Crippen LogP contribution in [0.2, 0.25) is 0 Å². The molecule has 0 aliphatic heterocycles. The van der Waals surface area contributed by atoms with Crippen LogP contribution >= 0.6 is 12.6 Å². The highest BCUT2D eigenvalue weighted by Gasteiger charge is 2.13. The van der Waals surface area contributed by atoms with Crippen molar-refractivity contribution in [2.24, 2.45) is 0 Å². The Hall–Kier alpha value is -2.69. The minimum atomic E-state index is -0.594. The average Bonchev–Trinajstić information content (AvgIpc) is 2.77. The largest absolute Gasteiger partial charge is 0.463 e. The summed E-state index contributed by atoms with van der Waals surface area (Å²) in [5, 5.41) is 5.17. The van der Waals surface area contributed by atoms with E-state index in [1.165, 1.54) is 0 Å². The standard InChI is InChI=1S/C20H32N2O8S/c1-3-17(23)27-12-7-5-10-21-19(25)29-14-9-16(15-31)30-20(26)22-11-6-8-13-28-18(24)4-2/h3-4,16,31H,1-2,5-15H2,(H,21,25)(H,22,26). The summed E-state index contributed by atoms with van der Waals surface area (Å²) in [5.41, 5.74) is 0. The van der Waals surface area contributed by atoms with Gasteiger partial charge in [0.1, 0.15) is 6.10 Å². The van der Waals surface area contributed by atoms with Crippen LogP contribution in [0.15, 0.2) is 25.3 Å². The molecule has 0 aromatic carbocycles. The van der Waals surface area contributed by atoms with E-state index in [9.17, 15) is 19.2 Å². The van der Waals surface area contributed by atoms with Gasteiger partial charge in [-0.15, -0.1) is 0 Å². The van der Waals surface area contributed by atoms with E-state index in [2.05, 4.69) is 36.4 Å². The van der Waals surface area contributed by atoms with Crippen molar-refractivity contribution in [3.63, 3.8) is 0 Å². The molecule has 0 aromatic rings. The molecule has 176 valence electrons. The fourth-order valence-electron chi connectivity index (χ4n) is 2.01. The Labute approximate surface area is 188 Å². The zero-order valence-electron chi connectivity index (χ0n) is 17.6. The van der Waals surface area contributed by atoms with E-state index >= 15 is 0 Å². The van der Waals surface area contributed by atoms with Crippen LogP contribution in [-0.4, -0.2) is 68.9 Å². The third kappa shape index (κ3) is 17.8. The van der Waals surface area contributed by atoms with Crippen LogP contribution in [0, 0.1) is 0 Å². The van der Waals surface area contributed by atoms with Gasteiger partial charge in [0, 0.05) is 37.4 Å². The second kappa shape index (κ2) is 19.3. The van der Waals surface area contributed by atoms with Crippen molar-refractivity contribution in [2.45, 2.75) is 38.2 Å². The maximum atomic E-state index is 11.8. The van der Waals surface area contributed by atoms with Crippen molar-refractivity contribution in [1.29, 1.82) is 0 Å². The first-order valence-electron chi connectivity index (χ1n) is 9.97. The van der Waals surface area contributed by atoms with Crippen molar-refractivity contribution in [3.8, 4) is 0 Å². The van der Waals surface area contributed by atoms with Gasteiger partial charge in [0.25, 0.3) is 0 Å². The number of hydrogen-bond donors (Lipinski definition) is 3. The van der Waals surface area contributed by atoms with Gasteiger partial charge in [0.05, 0.1) is 19.8 Å². The summed E-state index contributed by atoms with van der Waals surface area (Å²) in [6.07, 6.45) is 3.24. The van der Waals surface area contributed by atoms with Crippen LogP contribution in [0.4, 0.5) is 9.59 Å². The van der Waals surface area contributed by atoms with Crippen LogP contribution in [0.5, 0.6) is 0 Å². The van der Waals surface area contributed by atoms with Gasteiger partial charge in [-0.1, -0.05) is 13.2 Å². The predicted octanol–water partition coefficient (Wildman–Crippen LogP) is 2.15. The number of nitrogens with one attached hydrogen (secondary N) is 2. The molecule has 0 radical (unpaired) electrons. The minimum absolute atomic E-state index is 0.0654. The van der Waals surface area contributed by atoms with E-state index in [0.29, 0.717) is 45.2 Å². The van der Waals surface area contributed by atoms with Crippen LogP contribution < -0.4 is 10.6 Å². The maximum absolute atomic E-state index is 11.8. The van der Waals surface area contributed by atoms with Crippen LogP contribution in [0.25, 0.3) is 0 Å². The normalized spacial score (nSPS) is 10.9. The van der Waals surface area contributed by atoms with Gasteiger partial charge >= 0.3 is 24.1 Å². The second-order valence-corrected chi connectivity index (χ2v) is 6.51. The lowest BCUT2D eigenvalue weighted by atomic mass is 10.3. The summed E-state index contributed by atoms with van der Waals surface area (Å²) in [6.45, 7) is 7.91. The lowest BCUT2D eigenvalue weighted by Gasteiger charge is -2.16. The third-order valence-electron chi connectivity index (χ3n) is 3.65. The van der Waals surface area contributed by atoms with Gasteiger partial charge < -0.3 is 29.6 Å². The van der Waals surface area contributed by atoms with Crippen molar-refractivity contribution < 1.29 is 38.1 Å². The van der Waals surface area contributed by atoms with Crippen molar-refractivity contribution >= 4 is 36.8 Å². The lowest BCUT2D eigenvalue weighted by Crippen LogP contribution is -2.32. The molecule has 2 N–H and O–H groups in total. The smallest absolute Gasteiger partial charge is 0.407 e. The summed E-state index contributed by atoms with van der Waals surface area (Å²) < 4.78 is 19.9. The number of hydrogen-bond acceptors (Lipinski definition) is 9. The second-order valence-electron chi connectivity index (χ2n) is 6.15. The minimum Gasteiger partial charge on any atom is -0.463 e. The summed E-state index contributed by atoms with van der Waals surface area (Å²) in [7, 11) is 0. The first-order valence-corrected chi connectivity index (χ1v) is 10.6. The van der Waals surface area contributed by atoms with E-state index in [1.807, 2.05) is 0 Å². The molecule has 0 bridgehead atoms. The third-order valence-corrected chi connectivity index (χ3v) is 4.06. The molecule has 11 heteroatoms. The molecule has 0 heterocycles. The Morgan fingerprint density at radius 1 is 0.774 bits per heavy atom. The highest BCUT2D eigenvalue weighted by molar-refractivity contribution is 7.80. The number of esters is 2. The summed E-state index contributed by atoms with van der Waals surface area (Å²) in [5.74, 6) is -0.681. The monoisotopic (exact) mass is 460 g/mol. The molecular formula is C20H32N2O8S. The molecule has 0 saturated heterocycles. The van der Waals surface area contributed by atoms with Crippen LogP contribution in [-0.2, 0) is 28.5 Å². The molecule has 1 atom stereocenters. The first kappa shape index (κ1) is 28.3. The van der Waals surface area contributed by atoms with Gasteiger partial charge in [-0.2, -0.15) is 12.6 Å². The Bertz CT molecular complexity index is 586. The number of carbonyl (C=O) groups excluding carboxylic acids is 4. The van der Waals surface area contributed by atoms with Gasteiger partial charge in [-0.3, -0.25) is 0 Å². The average molecular weight is 461 g/mol. The number of amides is 2. The highest BCUT2D eigenvalue weighted by Crippen LogP contribution is 2.03. The number of unbranched alkanes of at least 4 members (excludes halogenated alkanes) is 2. The molecule has 0 rings (SSSR count). The SMILES string of the molecule is C=CC(=O)OCCCCNC(=O)OCCC(CS)OC(=O)NCCCCOC(=O)C=C. The van der Waals surface area contributed by atoms with Gasteiger partial charge in [0.2, 0.25) is 0 Å². The summed E-state index contributed by atoms with van der Waals surface area (Å²) in [6, 6.07) is 0. The van der Waals surface area contributed by atoms with E-state index in [-0.39, 0.29) is 25.6 Å². The molecule has 0 aliphatic rings. The molecule has 2 amide bonds. The Balaban J connectivity index is 3.73. The van der Waals surface area contributed by atoms with Crippen molar-refractivity contribution in [2.75, 3.05) is 38.7 Å². The topological polar surface area (TPSA) is 129 Å². The predicted molar refractivity (Wildman–Crippen MR) is 117 cm³/mol. The molecule has 0 aliphatic carbocycles. The summed E-state index contributed by atoms with van der Waals surface area (Å²) in [4.78, 5) is 45.1. The van der Waals surface area contributed by atoms with Gasteiger partial charge in [-0.25, -0.2) is 19.2 Å². The zero-order valence-corrected chi connectivity index (χ0v) is 18.5. The maximum Gasteiger partial charge on any atom is 0.407 e. The number of rotatable bonds is 17. The molecule has 0 saturated carbocycles.